The van der Waals surface area contributed by atoms with E-state index in [1.54, 1.807) is 11.3 Å². The van der Waals surface area contributed by atoms with E-state index >= 15 is 0 Å². The van der Waals surface area contributed by atoms with Crippen LogP contribution in [-0.2, 0) is 16.8 Å². The highest BCUT2D eigenvalue weighted by atomic mass is 32.1. The van der Waals surface area contributed by atoms with Gasteiger partial charge in [0, 0.05) is 17.1 Å². The van der Waals surface area contributed by atoms with E-state index in [-0.39, 0.29) is 16.7 Å². The fraction of sp³-hybridized carbons (Fsp3) is 0.476. The maximum absolute atomic E-state index is 13.2. The van der Waals surface area contributed by atoms with Crippen molar-refractivity contribution in [1.82, 2.24) is 4.90 Å². The molecule has 0 bridgehead atoms. The Labute approximate surface area is 154 Å². The van der Waals surface area contributed by atoms with Crippen LogP contribution in [0, 0.1) is 5.41 Å². The molecule has 4 heteroatoms. The van der Waals surface area contributed by atoms with E-state index in [2.05, 4.69) is 53.7 Å². The summed E-state index contributed by atoms with van der Waals surface area (Å²) in [6.07, 6.45) is 3.52. The highest BCUT2D eigenvalue weighted by Crippen LogP contribution is 2.65. The van der Waals surface area contributed by atoms with Gasteiger partial charge in [0.05, 0.1) is 5.41 Å². The largest absolute Gasteiger partial charge is 0.325 e. The molecule has 132 valence electrons. The number of anilines is 1. The molecule has 1 atom stereocenters. The van der Waals surface area contributed by atoms with Crippen LogP contribution in [0.2, 0.25) is 0 Å². The minimum atomic E-state index is -0.369. The van der Waals surface area contributed by atoms with E-state index in [1.165, 1.54) is 36.4 Å². The standard InChI is InChI=1S/C21H26N2OS/c1-20(2)15-21(20,18-9-6-12-25-18)19(24)22-17-8-5-7-16(13-17)14-23-10-3-4-11-23/h5-9,12-13H,3-4,10-11,14-15H2,1-2H3,(H,22,24). The summed E-state index contributed by atoms with van der Waals surface area (Å²) in [5.74, 6) is 0.137. The number of nitrogens with zero attached hydrogens (tertiary/aromatic N) is 1. The molecule has 0 spiro atoms. The van der Waals surface area contributed by atoms with Gasteiger partial charge < -0.3 is 5.32 Å². The molecule has 3 nitrogen and oxygen atoms in total. The van der Waals surface area contributed by atoms with Crippen LogP contribution in [0.1, 0.15) is 43.6 Å². The minimum absolute atomic E-state index is 0.0229. The Balaban J connectivity index is 1.51. The Morgan fingerprint density at radius 3 is 2.60 bits per heavy atom. The maximum Gasteiger partial charge on any atom is 0.236 e. The summed E-state index contributed by atoms with van der Waals surface area (Å²) in [6, 6.07) is 12.5. The smallest absolute Gasteiger partial charge is 0.236 e. The van der Waals surface area contributed by atoms with E-state index in [0.29, 0.717) is 0 Å². The zero-order chi connectivity index (χ0) is 17.5. The molecule has 2 fully saturated rings. The molecular formula is C21H26N2OS. The Bertz CT molecular complexity index is 762. The Kier molecular flexibility index (Phi) is 4.20. The van der Waals surface area contributed by atoms with Crippen molar-refractivity contribution in [3.8, 4) is 0 Å². The molecule has 2 heterocycles. The number of benzene rings is 1. The first-order chi connectivity index (χ1) is 12.0. The number of rotatable bonds is 5. The Hall–Kier alpha value is -1.65. The molecule has 1 aromatic heterocycles. The van der Waals surface area contributed by atoms with Crippen molar-refractivity contribution in [1.29, 1.82) is 0 Å². The average Bonchev–Trinajstić information content (AvgIpc) is 3.06. The number of hydrogen-bond acceptors (Lipinski definition) is 3. The van der Waals surface area contributed by atoms with Gasteiger partial charge in [0.15, 0.2) is 0 Å². The quantitative estimate of drug-likeness (QED) is 0.847. The van der Waals surface area contributed by atoms with Crippen molar-refractivity contribution in [2.75, 3.05) is 18.4 Å². The van der Waals surface area contributed by atoms with Crippen LogP contribution >= 0.6 is 11.3 Å². The molecule has 1 aliphatic carbocycles. The highest BCUT2D eigenvalue weighted by Gasteiger charge is 2.67. The predicted octanol–water partition coefficient (Wildman–Crippen LogP) is 4.65. The summed E-state index contributed by atoms with van der Waals surface area (Å²) in [5.41, 5.74) is 1.85. The molecule has 0 radical (unpaired) electrons. The molecule has 4 rings (SSSR count). The van der Waals surface area contributed by atoms with Crippen LogP contribution in [0.15, 0.2) is 41.8 Å². The third-order valence-electron chi connectivity index (χ3n) is 5.86. The summed E-state index contributed by atoms with van der Waals surface area (Å²) >= 11 is 1.69. The number of likely N-dealkylation sites (tertiary alicyclic amines) is 1. The van der Waals surface area contributed by atoms with E-state index in [0.717, 1.165) is 18.7 Å². The maximum atomic E-state index is 13.2. The Morgan fingerprint density at radius 2 is 1.96 bits per heavy atom. The molecule has 1 aliphatic heterocycles. The van der Waals surface area contributed by atoms with Crippen molar-refractivity contribution in [2.24, 2.45) is 5.41 Å². The number of amides is 1. The molecule has 1 N–H and O–H groups in total. The second kappa shape index (κ2) is 6.26. The highest BCUT2D eigenvalue weighted by molar-refractivity contribution is 7.10. The van der Waals surface area contributed by atoms with E-state index in [4.69, 9.17) is 0 Å². The molecule has 1 saturated carbocycles. The second-order valence-electron chi connectivity index (χ2n) is 8.08. The van der Waals surface area contributed by atoms with Gasteiger partial charge in [-0.15, -0.1) is 11.3 Å². The van der Waals surface area contributed by atoms with Gasteiger partial charge in [0.25, 0.3) is 0 Å². The first kappa shape index (κ1) is 16.8. The molecule has 1 unspecified atom stereocenters. The third kappa shape index (κ3) is 3.02. The third-order valence-corrected chi connectivity index (χ3v) is 6.89. The van der Waals surface area contributed by atoms with Crippen molar-refractivity contribution in [2.45, 2.75) is 45.1 Å². The minimum Gasteiger partial charge on any atom is -0.325 e. The van der Waals surface area contributed by atoms with Crippen LogP contribution in [0.25, 0.3) is 0 Å². The predicted molar refractivity (Wildman–Crippen MR) is 104 cm³/mol. The number of carbonyl (C=O) groups excluding carboxylic acids is 1. The zero-order valence-electron chi connectivity index (χ0n) is 15.0. The molecule has 25 heavy (non-hydrogen) atoms. The van der Waals surface area contributed by atoms with Gasteiger partial charge in [-0.05, 0) is 66.9 Å². The lowest BCUT2D eigenvalue weighted by molar-refractivity contribution is -0.119. The first-order valence-electron chi connectivity index (χ1n) is 9.18. The lowest BCUT2D eigenvalue weighted by atomic mass is 9.93. The SMILES string of the molecule is CC1(C)CC1(C(=O)Nc1cccc(CN2CCCC2)c1)c1cccs1. The van der Waals surface area contributed by atoms with Gasteiger partial charge in [0.1, 0.15) is 0 Å². The van der Waals surface area contributed by atoms with Gasteiger partial charge in [-0.2, -0.15) is 0 Å². The summed E-state index contributed by atoms with van der Waals surface area (Å²) in [6.45, 7) is 7.73. The van der Waals surface area contributed by atoms with Crippen LogP contribution in [0.4, 0.5) is 5.69 Å². The number of nitrogens with one attached hydrogen (secondary N) is 1. The summed E-state index contributed by atoms with van der Waals surface area (Å²) in [4.78, 5) is 16.8. The van der Waals surface area contributed by atoms with Gasteiger partial charge in [0.2, 0.25) is 5.91 Å². The first-order valence-corrected chi connectivity index (χ1v) is 10.1. The molecule has 2 aliphatic rings. The summed E-state index contributed by atoms with van der Waals surface area (Å²) < 4.78 is 0. The molecule has 1 amide bonds. The van der Waals surface area contributed by atoms with E-state index in [9.17, 15) is 4.79 Å². The van der Waals surface area contributed by atoms with Crippen molar-refractivity contribution in [3.05, 3.63) is 52.2 Å². The van der Waals surface area contributed by atoms with Crippen LogP contribution in [-0.4, -0.2) is 23.9 Å². The lowest BCUT2D eigenvalue weighted by Crippen LogP contribution is -2.31. The number of thiophene rings is 1. The Morgan fingerprint density at radius 1 is 1.20 bits per heavy atom. The second-order valence-corrected chi connectivity index (χ2v) is 9.03. The van der Waals surface area contributed by atoms with E-state index in [1.807, 2.05) is 12.1 Å². The zero-order valence-corrected chi connectivity index (χ0v) is 15.9. The van der Waals surface area contributed by atoms with E-state index < -0.39 is 0 Å². The molecule has 2 aromatic rings. The summed E-state index contributed by atoms with van der Waals surface area (Å²) in [5, 5.41) is 5.27. The monoisotopic (exact) mass is 354 g/mol. The number of carbonyl (C=O) groups is 1. The molecule has 1 saturated heterocycles. The van der Waals surface area contributed by atoms with Crippen molar-refractivity contribution >= 4 is 22.9 Å². The average molecular weight is 355 g/mol. The number of hydrogen-bond donors (Lipinski definition) is 1. The van der Waals surface area contributed by atoms with Crippen molar-refractivity contribution < 1.29 is 4.79 Å². The molecular weight excluding hydrogens is 328 g/mol. The fourth-order valence-corrected chi connectivity index (χ4v) is 5.35. The van der Waals surface area contributed by atoms with Gasteiger partial charge in [-0.1, -0.05) is 32.0 Å². The topological polar surface area (TPSA) is 32.3 Å². The van der Waals surface area contributed by atoms with Gasteiger partial charge in [-0.3, -0.25) is 9.69 Å². The van der Waals surface area contributed by atoms with Gasteiger partial charge in [-0.25, -0.2) is 0 Å². The summed E-state index contributed by atoms with van der Waals surface area (Å²) in [7, 11) is 0. The van der Waals surface area contributed by atoms with Crippen LogP contribution in [0.5, 0.6) is 0 Å². The van der Waals surface area contributed by atoms with Crippen LogP contribution < -0.4 is 5.32 Å². The van der Waals surface area contributed by atoms with Crippen LogP contribution in [0.3, 0.4) is 0 Å². The molecule has 1 aromatic carbocycles. The van der Waals surface area contributed by atoms with Crippen molar-refractivity contribution in [3.63, 3.8) is 0 Å². The fourth-order valence-electron chi connectivity index (χ4n) is 4.24. The lowest BCUT2D eigenvalue weighted by Gasteiger charge is -2.20. The normalized spacial score (nSPS) is 25.0. The van der Waals surface area contributed by atoms with Gasteiger partial charge >= 0.3 is 0 Å².